The highest BCUT2D eigenvalue weighted by molar-refractivity contribution is 5.22. The lowest BCUT2D eigenvalue weighted by Gasteiger charge is -2.31. The van der Waals surface area contributed by atoms with Crippen LogP contribution in [0.25, 0.3) is 0 Å². The minimum absolute atomic E-state index is 0.657. The van der Waals surface area contributed by atoms with E-state index < -0.39 is 0 Å². The van der Waals surface area contributed by atoms with Gasteiger partial charge in [0.25, 0.3) is 0 Å². The van der Waals surface area contributed by atoms with E-state index in [1.54, 1.807) is 7.11 Å². The van der Waals surface area contributed by atoms with Crippen molar-refractivity contribution in [3.63, 3.8) is 0 Å². The van der Waals surface area contributed by atoms with E-state index in [1.807, 2.05) is 12.3 Å². The molecule has 2 rings (SSSR count). The first-order chi connectivity index (χ1) is 7.85. The van der Waals surface area contributed by atoms with Gasteiger partial charge in [0.2, 0.25) is 5.88 Å². The van der Waals surface area contributed by atoms with E-state index in [9.17, 15) is 0 Å². The normalized spacial score (nSPS) is 25.4. The molecule has 0 aliphatic carbocycles. The average Bonchev–Trinajstić information content (AvgIpc) is 2.39. The van der Waals surface area contributed by atoms with E-state index in [2.05, 4.69) is 23.3 Å². The molecule has 1 aliphatic rings. The second-order valence-corrected chi connectivity index (χ2v) is 4.40. The number of methoxy groups -OCH3 is 1. The summed E-state index contributed by atoms with van der Waals surface area (Å²) < 4.78 is 5.09. The van der Waals surface area contributed by atoms with E-state index in [0.717, 1.165) is 19.0 Å². The summed E-state index contributed by atoms with van der Waals surface area (Å²) in [6.07, 6.45) is 4.41. The van der Waals surface area contributed by atoms with Crippen molar-refractivity contribution in [3.8, 4) is 5.88 Å². The first-order valence-corrected chi connectivity index (χ1v) is 6.05. The number of pyridine rings is 1. The first kappa shape index (κ1) is 11.4. The molecule has 1 N–H and O–H groups in total. The Morgan fingerprint density at radius 2 is 2.38 bits per heavy atom. The van der Waals surface area contributed by atoms with Crippen LogP contribution in [-0.2, 0) is 0 Å². The maximum Gasteiger partial charge on any atom is 0.212 e. The molecule has 0 aromatic carbocycles. The zero-order chi connectivity index (χ0) is 11.4. The molecule has 1 saturated heterocycles. The summed E-state index contributed by atoms with van der Waals surface area (Å²) in [5.74, 6) is 2.10. The van der Waals surface area contributed by atoms with Crippen molar-refractivity contribution in [2.75, 3.05) is 20.2 Å². The molecule has 0 amide bonds. The zero-order valence-electron chi connectivity index (χ0n) is 10.1. The molecular formula is C13H20N2O. The maximum atomic E-state index is 5.09. The minimum atomic E-state index is 0.657. The molecule has 88 valence electrons. The molecule has 1 aliphatic heterocycles. The molecule has 1 fully saturated rings. The van der Waals surface area contributed by atoms with Crippen LogP contribution in [0.2, 0.25) is 0 Å². The van der Waals surface area contributed by atoms with Crippen LogP contribution in [0.4, 0.5) is 0 Å². The van der Waals surface area contributed by atoms with Crippen molar-refractivity contribution in [2.24, 2.45) is 5.92 Å². The van der Waals surface area contributed by atoms with E-state index >= 15 is 0 Å². The van der Waals surface area contributed by atoms with Gasteiger partial charge in [-0.2, -0.15) is 0 Å². The van der Waals surface area contributed by atoms with E-state index in [1.165, 1.54) is 18.4 Å². The summed E-state index contributed by atoms with van der Waals surface area (Å²) in [6.45, 7) is 4.52. The molecule has 16 heavy (non-hydrogen) atoms. The third kappa shape index (κ3) is 2.35. The summed E-state index contributed by atoms with van der Waals surface area (Å²) in [5.41, 5.74) is 1.36. The number of hydrogen-bond acceptors (Lipinski definition) is 3. The van der Waals surface area contributed by atoms with Gasteiger partial charge >= 0.3 is 0 Å². The third-order valence-electron chi connectivity index (χ3n) is 3.53. The average molecular weight is 220 g/mol. The smallest absolute Gasteiger partial charge is 0.212 e. The first-order valence-electron chi connectivity index (χ1n) is 6.05. The number of piperidine rings is 1. The van der Waals surface area contributed by atoms with Crippen molar-refractivity contribution in [1.29, 1.82) is 0 Å². The fourth-order valence-electron chi connectivity index (χ4n) is 2.52. The van der Waals surface area contributed by atoms with Gasteiger partial charge in [0.1, 0.15) is 0 Å². The lowest BCUT2D eigenvalue weighted by atomic mass is 9.80. The molecule has 2 heterocycles. The van der Waals surface area contributed by atoms with Gasteiger partial charge in [0.15, 0.2) is 0 Å². The third-order valence-corrected chi connectivity index (χ3v) is 3.53. The van der Waals surface area contributed by atoms with Crippen LogP contribution < -0.4 is 10.1 Å². The van der Waals surface area contributed by atoms with Crippen LogP contribution in [0.3, 0.4) is 0 Å². The Morgan fingerprint density at radius 3 is 3.00 bits per heavy atom. The monoisotopic (exact) mass is 220 g/mol. The van der Waals surface area contributed by atoms with Crippen LogP contribution in [0, 0.1) is 5.92 Å². The Balaban J connectivity index is 2.14. The van der Waals surface area contributed by atoms with Gasteiger partial charge in [0.05, 0.1) is 7.11 Å². The predicted molar refractivity (Wildman–Crippen MR) is 64.8 cm³/mol. The summed E-state index contributed by atoms with van der Waals surface area (Å²) in [4.78, 5) is 4.30. The Kier molecular flexibility index (Phi) is 3.78. The lowest BCUT2D eigenvalue weighted by Crippen LogP contribution is -2.35. The van der Waals surface area contributed by atoms with Crippen LogP contribution in [0.1, 0.15) is 31.2 Å². The summed E-state index contributed by atoms with van der Waals surface area (Å²) in [6, 6.07) is 4.12. The van der Waals surface area contributed by atoms with Crippen LogP contribution >= 0.6 is 0 Å². The highest BCUT2D eigenvalue weighted by Crippen LogP contribution is 2.32. The van der Waals surface area contributed by atoms with Gasteiger partial charge in [0, 0.05) is 12.3 Å². The number of rotatable bonds is 3. The van der Waals surface area contributed by atoms with Gasteiger partial charge in [-0.3, -0.25) is 0 Å². The Hall–Kier alpha value is -1.09. The molecule has 1 aromatic heterocycles. The Morgan fingerprint density at radius 1 is 1.50 bits per heavy atom. The van der Waals surface area contributed by atoms with Gasteiger partial charge in [-0.15, -0.1) is 0 Å². The Bertz CT molecular complexity index is 323. The molecule has 3 heteroatoms. The lowest BCUT2D eigenvalue weighted by molar-refractivity contribution is 0.316. The summed E-state index contributed by atoms with van der Waals surface area (Å²) in [7, 11) is 1.65. The van der Waals surface area contributed by atoms with Gasteiger partial charge in [-0.1, -0.05) is 19.4 Å². The van der Waals surface area contributed by atoms with Gasteiger partial charge in [-0.25, -0.2) is 4.98 Å². The number of nitrogens with zero attached hydrogens (tertiary/aromatic N) is 1. The van der Waals surface area contributed by atoms with Crippen LogP contribution in [-0.4, -0.2) is 25.2 Å². The van der Waals surface area contributed by atoms with E-state index in [0.29, 0.717) is 11.8 Å². The van der Waals surface area contributed by atoms with Crippen LogP contribution in [0.5, 0.6) is 5.88 Å². The van der Waals surface area contributed by atoms with Gasteiger partial charge < -0.3 is 10.1 Å². The second-order valence-electron chi connectivity index (χ2n) is 4.40. The van der Waals surface area contributed by atoms with Crippen molar-refractivity contribution in [1.82, 2.24) is 10.3 Å². The Labute approximate surface area is 97.2 Å². The predicted octanol–water partition coefficient (Wildman–Crippen LogP) is 2.19. The fraction of sp³-hybridized carbons (Fsp3) is 0.615. The molecule has 2 atom stereocenters. The largest absolute Gasteiger partial charge is 0.481 e. The number of nitrogens with one attached hydrogen (secondary N) is 1. The zero-order valence-corrected chi connectivity index (χ0v) is 10.1. The molecule has 0 bridgehead atoms. The second kappa shape index (κ2) is 5.30. The molecule has 0 spiro atoms. The summed E-state index contributed by atoms with van der Waals surface area (Å²) >= 11 is 0. The summed E-state index contributed by atoms with van der Waals surface area (Å²) in [5, 5.41) is 3.46. The molecule has 1 aromatic rings. The standard InChI is InChI=1S/C13H20N2O/c1-3-10-8-14-7-6-12(10)11-4-5-13(16-2)15-9-11/h4-5,9-10,12,14H,3,6-8H2,1-2H3. The molecular weight excluding hydrogens is 200 g/mol. The van der Waals surface area contributed by atoms with E-state index in [-0.39, 0.29) is 0 Å². The fourth-order valence-corrected chi connectivity index (χ4v) is 2.52. The molecule has 0 saturated carbocycles. The van der Waals surface area contributed by atoms with Crippen molar-refractivity contribution in [2.45, 2.75) is 25.7 Å². The SMILES string of the molecule is CCC1CNCCC1c1ccc(OC)nc1. The van der Waals surface area contributed by atoms with Crippen LogP contribution in [0.15, 0.2) is 18.3 Å². The quantitative estimate of drug-likeness (QED) is 0.848. The highest BCUT2D eigenvalue weighted by atomic mass is 16.5. The maximum absolute atomic E-state index is 5.09. The topological polar surface area (TPSA) is 34.1 Å². The molecule has 0 radical (unpaired) electrons. The van der Waals surface area contributed by atoms with Crippen molar-refractivity contribution >= 4 is 0 Å². The molecule has 3 nitrogen and oxygen atoms in total. The minimum Gasteiger partial charge on any atom is -0.481 e. The number of aromatic nitrogens is 1. The number of ether oxygens (including phenoxy) is 1. The van der Waals surface area contributed by atoms with E-state index in [4.69, 9.17) is 4.74 Å². The van der Waals surface area contributed by atoms with Gasteiger partial charge in [-0.05, 0) is 36.9 Å². The number of hydrogen-bond donors (Lipinski definition) is 1. The molecule has 2 unspecified atom stereocenters. The van der Waals surface area contributed by atoms with Crippen molar-refractivity contribution in [3.05, 3.63) is 23.9 Å². The van der Waals surface area contributed by atoms with Crippen molar-refractivity contribution < 1.29 is 4.74 Å². The highest BCUT2D eigenvalue weighted by Gasteiger charge is 2.24.